The zero-order valence-corrected chi connectivity index (χ0v) is 13.5. The molecule has 0 saturated carbocycles. The molecule has 0 bridgehead atoms. The van der Waals surface area contributed by atoms with Gasteiger partial charge in [-0.2, -0.15) is 0 Å². The molecule has 5 nitrogen and oxygen atoms in total. The lowest BCUT2D eigenvalue weighted by Crippen LogP contribution is -2.12. The van der Waals surface area contributed by atoms with Gasteiger partial charge in [0.2, 0.25) is 0 Å². The fraction of sp³-hybridized carbons (Fsp3) is 0.222. The van der Waals surface area contributed by atoms with E-state index in [1.165, 1.54) is 12.7 Å². The van der Waals surface area contributed by atoms with Gasteiger partial charge in [-0.05, 0) is 25.5 Å². The number of rotatable bonds is 5. The van der Waals surface area contributed by atoms with E-state index in [0.29, 0.717) is 5.69 Å². The topological polar surface area (TPSA) is 59.9 Å². The maximum Gasteiger partial charge on any atom is 0.411 e. The average molecular weight is 312 g/mol. The summed E-state index contributed by atoms with van der Waals surface area (Å²) < 4.78 is 4.60. The van der Waals surface area contributed by atoms with Gasteiger partial charge in [0, 0.05) is 5.56 Å². The summed E-state index contributed by atoms with van der Waals surface area (Å²) in [6.07, 6.45) is -0.517. The van der Waals surface area contributed by atoms with E-state index < -0.39 is 6.09 Å². The van der Waals surface area contributed by atoms with E-state index >= 15 is 0 Å². The van der Waals surface area contributed by atoms with Crippen LogP contribution in [0.1, 0.15) is 23.6 Å². The Morgan fingerprint density at radius 1 is 1.13 bits per heavy atom. The highest BCUT2D eigenvalue weighted by Crippen LogP contribution is 2.16. The first-order valence-electron chi connectivity index (χ1n) is 7.26. The van der Waals surface area contributed by atoms with Crippen molar-refractivity contribution in [1.29, 1.82) is 0 Å². The highest BCUT2D eigenvalue weighted by molar-refractivity contribution is 5.98. The smallest absolute Gasteiger partial charge is 0.411 e. The maximum absolute atomic E-state index is 11.3. The summed E-state index contributed by atoms with van der Waals surface area (Å²) >= 11 is 0. The first-order valence-corrected chi connectivity index (χ1v) is 7.26. The summed E-state index contributed by atoms with van der Waals surface area (Å²) in [5.74, 6) is 0. The van der Waals surface area contributed by atoms with Crippen LogP contribution in [0.4, 0.5) is 10.5 Å². The van der Waals surface area contributed by atoms with Crippen LogP contribution in [-0.4, -0.2) is 18.9 Å². The van der Waals surface area contributed by atoms with Crippen LogP contribution in [-0.2, 0) is 16.2 Å². The van der Waals surface area contributed by atoms with Gasteiger partial charge in [0.25, 0.3) is 0 Å². The van der Waals surface area contributed by atoms with Gasteiger partial charge < -0.3 is 9.57 Å². The molecule has 0 heterocycles. The molecule has 0 saturated heterocycles. The number of carbonyl (C=O) groups is 1. The normalized spacial score (nSPS) is 11.0. The SMILES string of the molecule is COC(=O)Nc1ccccc1CON=C(C)c1ccc(C)cc1. The molecule has 0 aliphatic rings. The quantitative estimate of drug-likeness (QED) is 0.667. The van der Waals surface area contributed by atoms with Crippen molar-refractivity contribution in [1.82, 2.24) is 0 Å². The van der Waals surface area contributed by atoms with E-state index in [1.54, 1.807) is 6.07 Å². The molecule has 0 spiro atoms. The van der Waals surface area contributed by atoms with Gasteiger partial charge in [0.05, 0.1) is 18.5 Å². The molecule has 2 rings (SSSR count). The van der Waals surface area contributed by atoms with E-state index in [9.17, 15) is 4.79 Å². The van der Waals surface area contributed by atoms with Crippen LogP contribution in [0.2, 0.25) is 0 Å². The van der Waals surface area contributed by atoms with Crippen molar-refractivity contribution in [3.8, 4) is 0 Å². The van der Waals surface area contributed by atoms with Gasteiger partial charge >= 0.3 is 6.09 Å². The van der Waals surface area contributed by atoms with Gasteiger partial charge in [-0.15, -0.1) is 0 Å². The summed E-state index contributed by atoms with van der Waals surface area (Å²) in [5.41, 5.74) is 4.46. The molecule has 2 aromatic rings. The average Bonchev–Trinajstić information content (AvgIpc) is 2.56. The molecule has 0 fully saturated rings. The van der Waals surface area contributed by atoms with Crippen molar-refractivity contribution >= 4 is 17.5 Å². The zero-order valence-electron chi connectivity index (χ0n) is 13.5. The predicted octanol–water partition coefficient (Wildman–Crippen LogP) is 4.11. The molecule has 0 radical (unpaired) electrons. The molecule has 2 aromatic carbocycles. The zero-order chi connectivity index (χ0) is 16.7. The fourth-order valence-electron chi connectivity index (χ4n) is 1.98. The maximum atomic E-state index is 11.3. The minimum absolute atomic E-state index is 0.253. The summed E-state index contributed by atoms with van der Waals surface area (Å²) in [4.78, 5) is 16.7. The molecule has 0 aliphatic carbocycles. The molecular weight excluding hydrogens is 292 g/mol. The molecule has 23 heavy (non-hydrogen) atoms. The van der Waals surface area contributed by atoms with E-state index in [-0.39, 0.29) is 6.61 Å². The van der Waals surface area contributed by atoms with Crippen molar-refractivity contribution in [3.05, 3.63) is 65.2 Å². The van der Waals surface area contributed by atoms with E-state index in [0.717, 1.165) is 16.8 Å². The lowest BCUT2D eigenvalue weighted by atomic mass is 10.1. The third-order valence-electron chi connectivity index (χ3n) is 3.33. The molecule has 0 unspecified atom stereocenters. The van der Waals surface area contributed by atoms with Crippen molar-refractivity contribution in [3.63, 3.8) is 0 Å². The van der Waals surface area contributed by atoms with Gasteiger partial charge in [-0.25, -0.2) is 4.79 Å². The largest absolute Gasteiger partial charge is 0.453 e. The second-order valence-electron chi connectivity index (χ2n) is 5.09. The number of amides is 1. The monoisotopic (exact) mass is 312 g/mol. The Kier molecular flexibility index (Phi) is 5.74. The van der Waals surface area contributed by atoms with Crippen LogP contribution >= 0.6 is 0 Å². The summed E-state index contributed by atoms with van der Waals surface area (Å²) in [5, 5.41) is 6.78. The van der Waals surface area contributed by atoms with Gasteiger partial charge in [0.15, 0.2) is 0 Å². The van der Waals surface area contributed by atoms with E-state index in [2.05, 4.69) is 15.2 Å². The summed E-state index contributed by atoms with van der Waals surface area (Å²) in [6, 6.07) is 15.4. The van der Waals surface area contributed by atoms with Gasteiger partial charge in [-0.3, -0.25) is 5.32 Å². The number of nitrogens with zero attached hydrogens (tertiary/aromatic N) is 1. The van der Waals surface area contributed by atoms with E-state index in [1.807, 2.05) is 56.3 Å². The van der Waals surface area contributed by atoms with Crippen LogP contribution < -0.4 is 5.32 Å². The Hall–Kier alpha value is -2.82. The van der Waals surface area contributed by atoms with E-state index in [4.69, 9.17) is 4.84 Å². The van der Waals surface area contributed by atoms with Crippen molar-refractivity contribution < 1.29 is 14.4 Å². The lowest BCUT2D eigenvalue weighted by Gasteiger charge is -2.09. The first kappa shape index (κ1) is 16.5. The van der Waals surface area contributed by atoms with Gasteiger partial charge in [0.1, 0.15) is 6.61 Å². The Morgan fingerprint density at radius 3 is 2.52 bits per heavy atom. The number of benzene rings is 2. The minimum atomic E-state index is -0.517. The predicted molar refractivity (Wildman–Crippen MR) is 90.6 cm³/mol. The van der Waals surface area contributed by atoms with Crippen molar-refractivity contribution in [2.24, 2.45) is 5.16 Å². The van der Waals surface area contributed by atoms with Crippen molar-refractivity contribution in [2.75, 3.05) is 12.4 Å². The number of ether oxygens (including phenoxy) is 1. The molecule has 0 atom stereocenters. The van der Waals surface area contributed by atoms with Crippen LogP contribution in [0.5, 0.6) is 0 Å². The number of anilines is 1. The number of carbonyl (C=O) groups excluding carboxylic acids is 1. The fourth-order valence-corrected chi connectivity index (χ4v) is 1.98. The van der Waals surface area contributed by atoms with Crippen LogP contribution in [0.3, 0.4) is 0 Å². The number of nitrogens with one attached hydrogen (secondary N) is 1. The molecule has 120 valence electrons. The third-order valence-corrected chi connectivity index (χ3v) is 3.33. The minimum Gasteiger partial charge on any atom is -0.453 e. The van der Waals surface area contributed by atoms with Crippen molar-refractivity contribution in [2.45, 2.75) is 20.5 Å². The summed E-state index contributed by atoms with van der Waals surface area (Å²) in [7, 11) is 1.32. The first-order chi connectivity index (χ1) is 11.1. The Balaban J connectivity index is 2.02. The summed E-state index contributed by atoms with van der Waals surface area (Å²) in [6.45, 7) is 4.19. The molecule has 1 amide bonds. The number of para-hydroxylation sites is 1. The second kappa shape index (κ2) is 7.98. The second-order valence-corrected chi connectivity index (χ2v) is 5.09. The Morgan fingerprint density at radius 2 is 1.83 bits per heavy atom. The molecule has 5 heteroatoms. The highest BCUT2D eigenvalue weighted by atomic mass is 16.6. The lowest BCUT2D eigenvalue weighted by molar-refractivity contribution is 0.131. The molecular formula is C18H20N2O3. The number of aryl methyl sites for hydroxylation is 1. The van der Waals surface area contributed by atoms with Gasteiger partial charge in [-0.1, -0.05) is 53.2 Å². The number of hydrogen-bond donors (Lipinski definition) is 1. The van der Waals surface area contributed by atoms with Crippen LogP contribution in [0.15, 0.2) is 53.7 Å². The molecule has 0 aliphatic heterocycles. The Labute approximate surface area is 135 Å². The molecule has 1 N–H and O–H groups in total. The number of hydrogen-bond acceptors (Lipinski definition) is 4. The Bertz CT molecular complexity index is 694. The highest BCUT2D eigenvalue weighted by Gasteiger charge is 2.06. The number of oxime groups is 1. The molecule has 0 aromatic heterocycles. The third kappa shape index (κ3) is 4.85. The van der Waals surface area contributed by atoms with Crippen LogP contribution in [0, 0.1) is 6.92 Å². The number of methoxy groups -OCH3 is 1. The standard InChI is InChI=1S/C18H20N2O3/c1-13-8-10-15(11-9-13)14(2)20-23-12-16-6-4-5-7-17(16)19-18(21)22-3/h4-11H,12H2,1-3H3,(H,19,21). The van der Waals surface area contributed by atoms with Crippen LogP contribution in [0.25, 0.3) is 0 Å².